The van der Waals surface area contributed by atoms with Gasteiger partial charge in [0.15, 0.2) is 34.9 Å². The molecule has 2 atom stereocenters. The number of aliphatic carboxylic acids is 1. The maximum atomic E-state index is 13.3. The van der Waals surface area contributed by atoms with Gasteiger partial charge in [-0.3, -0.25) is 19.9 Å². The SMILES string of the molecule is CO/N=C(\C(=O)N[C@@H]1C(=O)N2C(C(=O)[O-])=C(C[n+]3ccc4ccn(Cc5cccc(SC(=N)N)c5)c4c3)CS[C@H]12)c1nc(N)sc1Cl. The fraction of sp³-hybridized carbons (Fsp3) is 0.207. The number of nitrogens with two attached hydrogens (primary N) is 2. The Labute approximate surface area is 284 Å². The lowest BCUT2D eigenvalue weighted by molar-refractivity contribution is -0.687. The highest BCUT2D eigenvalue weighted by Crippen LogP contribution is 2.40. The van der Waals surface area contributed by atoms with Crippen LogP contribution in [0.25, 0.3) is 10.9 Å². The number of nitrogens with zero attached hydrogens (tertiary/aromatic N) is 5. The number of thioether (sulfide) groups is 2. The minimum absolute atomic E-state index is 0.00619. The van der Waals surface area contributed by atoms with Gasteiger partial charge in [-0.05, 0) is 23.8 Å². The molecule has 5 heterocycles. The summed E-state index contributed by atoms with van der Waals surface area (Å²) in [5.74, 6) is -2.58. The predicted octanol–water partition coefficient (Wildman–Crippen LogP) is 1.11. The molecule has 14 nitrogen and oxygen atoms in total. The van der Waals surface area contributed by atoms with Gasteiger partial charge in [-0.15, -0.1) is 11.8 Å². The number of amides is 2. The van der Waals surface area contributed by atoms with E-state index in [9.17, 15) is 19.5 Å². The van der Waals surface area contributed by atoms with Crippen LogP contribution in [0.5, 0.6) is 0 Å². The molecule has 1 aromatic carbocycles. The molecule has 47 heavy (non-hydrogen) atoms. The zero-order valence-electron chi connectivity index (χ0n) is 24.5. The van der Waals surface area contributed by atoms with E-state index in [1.54, 1.807) is 0 Å². The molecule has 2 amide bonds. The summed E-state index contributed by atoms with van der Waals surface area (Å²) in [7, 11) is 1.24. The number of carboxylic acid groups (broad SMARTS) is 1. The van der Waals surface area contributed by atoms with Crippen molar-refractivity contribution in [3.05, 3.63) is 81.9 Å². The first-order valence-electron chi connectivity index (χ1n) is 13.8. The minimum Gasteiger partial charge on any atom is -0.543 e. The van der Waals surface area contributed by atoms with E-state index in [0.717, 1.165) is 37.6 Å². The lowest BCUT2D eigenvalue weighted by Crippen LogP contribution is -2.71. The second-order valence-electron chi connectivity index (χ2n) is 10.4. The van der Waals surface area contributed by atoms with Crippen LogP contribution >= 0.6 is 46.5 Å². The van der Waals surface area contributed by atoms with Crippen LogP contribution < -0.4 is 26.5 Å². The molecule has 0 aliphatic carbocycles. The third-order valence-electron chi connectivity index (χ3n) is 7.38. The van der Waals surface area contributed by atoms with Crippen LogP contribution in [-0.4, -0.2) is 67.4 Å². The Kier molecular flexibility index (Phi) is 9.14. The molecule has 242 valence electrons. The van der Waals surface area contributed by atoms with Crippen molar-refractivity contribution >= 4 is 91.2 Å². The molecule has 0 unspecified atom stereocenters. The second-order valence-corrected chi connectivity index (χ2v) is 14.3. The molecule has 3 aromatic heterocycles. The van der Waals surface area contributed by atoms with E-state index in [1.807, 2.05) is 59.6 Å². The van der Waals surface area contributed by atoms with Crippen molar-refractivity contribution in [1.29, 1.82) is 5.41 Å². The predicted molar refractivity (Wildman–Crippen MR) is 178 cm³/mol. The molecule has 0 saturated carbocycles. The van der Waals surface area contributed by atoms with E-state index in [4.69, 9.17) is 33.3 Å². The average Bonchev–Trinajstić information content (AvgIpc) is 3.58. The van der Waals surface area contributed by atoms with Gasteiger partial charge in [0.2, 0.25) is 0 Å². The van der Waals surface area contributed by atoms with E-state index in [2.05, 4.69) is 20.0 Å². The number of halogens is 1. The number of benzene rings is 1. The number of aromatic nitrogens is 3. The molecular weight excluding hydrogens is 686 g/mol. The Balaban J connectivity index is 1.20. The fourth-order valence-corrected chi connectivity index (χ4v) is 8.28. The highest BCUT2D eigenvalue weighted by Gasteiger charge is 2.53. The lowest BCUT2D eigenvalue weighted by Gasteiger charge is -2.50. The smallest absolute Gasteiger partial charge is 0.276 e. The van der Waals surface area contributed by atoms with Crippen molar-refractivity contribution in [2.45, 2.75) is 29.4 Å². The zero-order chi connectivity index (χ0) is 33.4. The molecule has 6 N–H and O–H groups in total. The highest BCUT2D eigenvalue weighted by atomic mass is 35.5. The monoisotopic (exact) mass is 711 g/mol. The number of hydrogen-bond donors (Lipinski definition) is 4. The number of thiazole rings is 1. The van der Waals surface area contributed by atoms with E-state index in [0.29, 0.717) is 12.1 Å². The number of nitrogen functional groups attached to an aromatic ring is 1. The summed E-state index contributed by atoms with van der Waals surface area (Å²) >= 11 is 9.62. The molecule has 6 rings (SSSR count). The molecule has 4 aromatic rings. The maximum Gasteiger partial charge on any atom is 0.276 e. The first-order valence-corrected chi connectivity index (χ1v) is 16.9. The molecule has 0 radical (unpaired) electrons. The molecular formula is C29H26ClN9O5S3. The third-order valence-corrected chi connectivity index (χ3v) is 10.5. The van der Waals surface area contributed by atoms with Crippen molar-refractivity contribution in [3.63, 3.8) is 0 Å². The van der Waals surface area contributed by atoms with E-state index < -0.39 is 29.2 Å². The molecule has 0 bridgehead atoms. The largest absolute Gasteiger partial charge is 0.543 e. The van der Waals surface area contributed by atoms with E-state index in [1.165, 1.54) is 30.6 Å². The summed E-state index contributed by atoms with van der Waals surface area (Å²) in [6.07, 6.45) is 5.75. The van der Waals surface area contributed by atoms with E-state index in [-0.39, 0.29) is 44.0 Å². The molecule has 0 spiro atoms. The van der Waals surface area contributed by atoms with Gasteiger partial charge in [-0.25, -0.2) is 4.98 Å². The van der Waals surface area contributed by atoms with Crippen molar-refractivity contribution < 1.29 is 28.9 Å². The van der Waals surface area contributed by atoms with Crippen LogP contribution in [0.2, 0.25) is 4.34 Å². The topological polar surface area (TPSA) is 209 Å². The normalized spacial score (nSPS) is 17.8. The van der Waals surface area contributed by atoms with Gasteiger partial charge < -0.3 is 36.1 Å². The summed E-state index contributed by atoms with van der Waals surface area (Å²) in [5.41, 5.74) is 13.2. The summed E-state index contributed by atoms with van der Waals surface area (Å²) in [6, 6.07) is 10.7. The van der Waals surface area contributed by atoms with Crippen molar-refractivity contribution in [3.8, 4) is 0 Å². The van der Waals surface area contributed by atoms with Gasteiger partial charge in [-0.1, -0.05) is 52.0 Å². The summed E-state index contributed by atoms with van der Waals surface area (Å²) in [5, 5.41) is 26.7. The second kappa shape index (κ2) is 13.3. The van der Waals surface area contributed by atoms with Crippen LogP contribution in [0.1, 0.15) is 11.3 Å². The average molecular weight is 712 g/mol. The van der Waals surface area contributed by atoms with Crippen LogP contribution in [0.4, 0.5) is 5.13 Å². The summed E-state index contributed by atoms with van der Waals surface area (Å²) in [4.78, 5) is 49.6. The number of carbonyl (C=O) groups is 3. The quantitative estimate of drug-likeness (QED) is 0.0460. The Morgan fingerprint density at radius 1 is 1.34 bits per heavy atom. The van der Waals surface area contributed by atoms with Gasteiger partial charge >= 0.3 is 0 Å². The van der Waals surface area contributed by atoms with Crippen molar-refractivity contribution in [2.75, 3.05) is 18.6 Å². The number of fused-ring (bicyclic) bond motifs is 2. The fourth-order valence-electron chi connectivity index (χ4n) is 5.40. The number of oxime groups is 1. The number of carbonyl (C=O) groups excluding carboxylic acids is 3. The van der Waals surface area contributed by atoms with Crippen LogP contribution in [-0.2, 0) is 32.3 Å². The van der Waals surface area contributed by atoms with Gasteiger partial charge in [0.05, 0.1) is 11.7 Å². The van der Waals surface area contributed by atoms with Crippen LogP contribution in [0.15, 0.2) is 76.3 Å². The number of anilines is 1. The Morgan fingerprint density at radius 2 is 2.15 bits per heavy atom. The summed E-state index contributed by atoms with van der Waals surface area (Å²) in [6.45, 7) is 0.767. The molecule has 1 saturated heterocycles. The number of hydrogen-bond acceptors (Lipinski definition) is 12. The lowest BCUT2D eigenvalue weighted by atomic mass is 10.0. The Morgan fingerprint density at radius 3 is 2.85 bits per heavy atom. The number of rotatable bonds is 10. The Bertz CT molecular complexity index is 2010. The highest BCUT2D eigenvalue weighted by molar-refractivity contribution is 8.13. The third kappa shape index (κ3) is 6.51. The van der Waals surface area contributed by atoms with Gasteiger partial charge in [0.1, 0.15) is 34.1 Å². The van der Waals surface area contributed by atoms with Crippen LogP contribution in [0, 0.1) is 5.41 Å². The van der Waals surface area contributed by atoms with Crippen LogP contribution in [0.3, 0.4) is 0 Å². The van der Waals surface area contributed by atoms with Crippen molar-refractivity contribution in [1.82, 2.24) is 19.8 Å². The van der Waals surface area contributed by atoms with Gasteiger partial charge in [0, 0.05) is 40.4 Å². The number of amidine groups is 1. The zero-order valence-corrected chi connectivity index (χ0v) is 27.7. The van der Waals surface area contributed by atoms with E-state index >= 15 is 0 Å². The molecule has 18 heteroatoms. The maximum absolute atomic E-state index is 13.3. The summed E-state index contributed by atoms with van der Waals surface area (Å²) < 4.78 is 4.05. The first-order chi connectivity index (χ1) is 22.5. The number of carboxylic acids is 1. The van der Waals surface area contributed by atoms with Gasteiger partial charge in [-0.2, -0.15) is 4.57 Å². The number of nitrogens with one attached hydrogen (secondary N) is 2. The standard InChI is InChI=1S/C29H26ClN9O5S3/c1-44-36-20(19-23(30)47-29(33)35-19)24(40)34-21-25(41)39-22(27(42)43)16(13-45-26(21)39)11-37-7-5-15-6-8-38(18(15)12-37)10-14-3-2-4-17(9-14)46-28(31)32/h2-9,12,21,26H,10-11,13H2,1H3,(H6-,31,32,33,34,35,40,42,43)/b36-20-/t21-,26-/m1/s1. The molecule has 1 fully saturated rings. The number of β-lactam (4-membered cyclic amide) rings is 1. The Hall–Kier alpha value is -4.58. The number of pyridine rings is 1. The first kappa shape index (κ1) is 32.4. The minimum atomic E-state index is -1.48. The van der Waals surface area contributed by atoms with Gasteiger partial charge in [0.25, 0.3) is 11.8 Å². The molecule has 2 aliphatic rings. The molecule has 2 aliphatic heterocycles. The van der Waals surface area contributed by atoms with Crippen molar-refractivity contribution in [2.24, 2.45) is 10.9 Å².